The molecule has 8 nitrogen and oxygen atoms in total. The standard InChI is InChI=1S/C15H16N4O4/c1-10(13(20)18-15(16)22)23-14(21)12-5-3-11(4-6-12)9-19-8-2-7-17-19/h2-8,10H,9H2,1H3,(H3,16,18,20,22). The first-order valence-corrected chi connectivity index (χ1v) is 6.83. The van der Waals surface area contributed by atoms with Gasteiger partial charge >= 0.3 is 12.0 Å². The fourth-order valence-corrected chi connectivity index (χ4v) is 1.83. The summed E-state index contributed by atoms with van der Waals surface area (Å²) < 4.78 is 6.72. The lowest BCUT2D eigenvalue weighted by atomic mass is 10.1. The van der Waals surface area contributed by atoms with Crippen molar-refractivity contribution >= 4 is 17.9 Å². The van der Waals surface area contributed by atoms with E-state index in [-0.39, 0.29) is 0 Å². The second-order valence-electron chi connectivity index (χ2n) is 4.80. The number of carbonyl (C=O) groups excluding carboxylic acids is 3. The lowest BCUT2D eigenvalue weighted by Crippen LogP contribution is -2.42. The van der Waals surface area contributed by atoms with E-state index >= 15 is 0 Å². The van der Waals surface area contributed by atoms with Gasteiger partial charge in [-0.05, 0) is 30.7 Å². The van der Waals surface area contributed by atoms with Gasteiger partial charge in [0.1, 0.15) is 0 Å². The molecule has 3 amide bonds. The summed E-state index contributed by atoms with van der Waals surface area (Å²) in [7, 11) is 0. The molecule has 0 fully saturated rings. The number of primary amides is 1. The van der Waals surface area contributed by atoms with Gasteiger partial charge in [0.05, 0.1) is 12.1 Å². The average Bonchev–Trinajstić information content (AvgIpc) is 3.00. The molecule has 3 N–H and O–H groups in total. The number of nitrogens with two attached hydrogens (primary N) is 1. The first-order chi connectivity index (χ1) is 11.0. The maximum absolute atomic E-state index is 11.9. The fourth-order valence-electron chi connectivity index (χ4n) is 1.83. The molecule has 1 unspecified atom stereocenters. The van der Waals surface area contributed by atoms with E-state index in [9.17, 15) is 14.4 Å². The van der Waals surface area contributed by atoms with Crippen molar-refractivity contribution in [2.75, 3.05) is 0 Å². The van der Waals surface area contributed by atoms with Gasteiger partial charge in [-0.2, -0.15) is 5.10 Å². The molecule has 8 heteroatoms. The minimum absolute atomic E-state index is 0.299. The Balaban J connectivity index is 1.94. The molecule has 0 aliphatic rings. The molecular weight excluding hydrogens is 300 g/mol. The minimum atomic E-state index is -1.13. The average molecular weight is 316 g/mol. The molecule has 1 aromatic heterocycles. The molecule has 1 aromatic carbocycles. The normalized spacial score (nSPS) is 11.5. The van der Waals surface area contributed by atoms with Crippen molar-refractivity contribution in [2.45, 2.75) is 19.6 Å². The largest absolute Gasteiger partial charge is 0.449 e. The van der Waals surface area contributed by atoms with Gasteiger partial charge in [-0.25, -0.2) is 9.59 Å². The van der Waals surface area contributed by atoms with Gasteiger partial charge in [-0.3, -0.25) is 14.8 Å². The molecule has 0 saturated heterocycles. The van der Waals surface area contributed by atoms with E-state index in [1.807, 2.05) is 17.6 Å². The van der Waals surface area contributed by atoms with Crippen LogP contribution in [0.3, 0.4) is 0 Å². The maximum Gasteiger partial charge on any atom is 0.338 e. The molecule has 0 radical (unpaired) electrons. The van der Waals surface area contributed by atoms with E-state index in [0.29, 0.717) is 12.1 Å². The zero-order valence-corrected chi connectivity index (χ0v) is 12.4. The van der Waals surface area contributed by atoms with Crippen LogP contribution in [0.15, 0.2) is 42.7 Å². The van der Waals surface area contributed by atoms with Crippen molar-refractivity contribution in [3.8, 4) is 0 Å². The number of hydrogen-bond donors (Lipinski definition) is 2. The first kappa shape index (κ1) is 16.2. The zero-order chi connectivity index (χ0) is 16.8. The van der Waals surface area contributed by atoms with Crippen LogP contribution in [0.25, 0.3) is 0 Å². The fraction of sp³-hybridized carbons (Fsp3) is 0.200. The van der Waals surface area contributed by atoms with E-state index in [2.05, 4.69) is 5.10 Å². The molecule has 1 heterocycles. The number of ether oxygens (including phenoxy) is 1. The van der Waals surface area contributed by atoms with Crippen molar-refractivity contribution in [3.63, 3.8) is 0 Å². The summed E-state index contributed by atoms with van der Waals surface area (Å²) in [5.41, 5.74) is 6.09. The summed E-state index contributed by atoms with van der Waals surface area (Å²) in [5.74, 6) is -1.44. The highest BCUT2D eigenvalue weighted by atomic mass is 16.5. The van der Waals surface area contributed by atoms with Crippen molar-refractivity contribution in [3.05, 3.63) is 53.9 Å². The molecule has 2 rings (SSSR count). The van der Waals surface area contributed by atoms with Gasteiger partial charge in [0.2, 0.25) is 0 Å². The Bertz CT molecular complexity index is 695. The molecule has 0 aliphatic carbocycles. The van der Waals surface area contributed by atoms with Crippen LogP contribution < -0.4 is 11.1 Å². The number of amides is 3. The predicted molar refractivity (Wildman–Crippen MR) is 80.4 cm³/mol. The number of aromatic nitrogens is 2. The highest BCUT2D eigenvalue weighted by Gasteiger charge is 2.19. The molecule has 0 aliphatic heterocycles. The third-order valence-corrected chi connectivity index (χ3v) is 2.99. The molecule has 1 atom stereocenters. The van der Waals surface area contributed by atoms with Crippen molar-refractivity contribution in [1.29, 1.82) is 0 Å². The highest BCUT2D eigenvalue weighted by molar-refractivity contribution is 5.98. The van der Waals surface area contributed by atoms with Crippen LogP contribution >= 0.6 is 0 Å². The summed E-state index contributed by atoms with van der Waals surface area (Å²) in [6, 6.07) is 7.56. The molecular formula is C15H16N4O4. The van der Waals surface area contributed by atoms with Crippen LogP contribution in [0.5, 0.6) is 0 Å². The Kier molecular flexibility index (Phi) is 5.08. The van der Waals surface area contributed by atoms with Crippen LogP contribution in [-0.2, 0) is 16.1 Å². The topological polar surface area (TPSA) is 116 Å². The lowest BCUT2D eigenvalue weighted by molar-refractivity contribution is -0.127. The number of rotatable bonds is 5. The second kappa shape index (κ2) is 7.21. The van der Waals surface area contributed by atoms with E-state index in [4.69, 9.17) is 10.5 Å². The van der Waals surface area contributed by atoms with Crippen LogP contribution in [0, 0.1) is 0 Å². The summed E-state index contributed by atoms with van der Waals surface area (Å²) in [4.78, 5) is 34.0. The Morgan fingerprint density at radius 1 is 1.30 bits per heavy atom. The van der Waals surface area contributed by atoms with Crippen LogP contribution in [0.4, 0.5) is 4.79 Å². The van der Waals surface area contributed by atoms with Gasteiger partial charge in [-0.1, -0.05) is 12.1 Å². The van der Waals surface area contributed by atoms with Crippen molar-refractivity contribution in [2.24, 2.45) is 5.73 Å². The van der Waals surface area contributed by atoms with Crippen molar-refractivity contribution < 1.29 is 19.1 Å². The number of nitrogens with one attached hydrogen (secondary N) is 1. The third-order valence-electron chi connectivity index (χ3n) is 2.99. The lowest BCUT2D eigenvalue weighted by Gasteiger charge is -2.12. The molecule has 2 aromatic rings. The summed E-state index contributed by atoms with van der Waals surface area (Å²) in [6.45, 7) is 1.93. The summed E-state index contributed by atoms with van der Waals surface area (Å²) in [6.07, 6.45) is 2.39. The highest BCUT2D eigenvalue weighted by Crippen LogP contribution is 2.09. The van der Waals surface area contributed by atoms with E-state index in [1.165, 1.54) is 6.92 Å². The Morgan fingerprint density at radius 3 is 2.57 bits per heavy atom. The first-order valence-electron chi connectivity index (χ1n) is 6.83. The van der Waals surface area contributed by atoms with Crippen LogP contribution in [-0.4, -0.2) is 33.8 Å². The third kappa shape index (κ3) is 4.67. The second-order valence-corrected chi connectivity index (χ2v) is 4.80. The number of esters is 1. The number of nitrogens with zero attached hydrogens (tertiary/aromatic N) is 2. The van der Waals surface area contributed by atoms with Gasteiger partial charge < -0.3 is 10.5 Å². The quantitative estimate of drug-likeness (QED) is 0.786. The monoisotopic (exact) mass is 316 g/mol. The molecule has 0 spiro atoms. The molecule has 23 heavy (non-hydrogen) atoms. The molecule has 0 saturated carbocycles. The van der Waals surface area contributed by atoms with Crippen molar-refractivity contribution in [1.82, 2.24) is 15.1 Å². The van der Waals surface area contributed by atoms with E-state index < -0.39 is 24.0 Å². The zero-order valence-electron chi connectivity index (χ0n) is 12.4. The van der Waals surface area contributed by atoms with Gasteiger partial charge in [0.25, 0.3) is 5.91 Å². The molecule has 0 bridgehead atoms. The van der Waals surface area contributed by atoms with Gasteiger partial charge in [0, 0.05) is 12.4 Å². The van der Waals surface area contributed by atoms with E-state index in [0.717, 1.165) is 5.56 Å². The molecule has 120 valence electrons. The number of carbonyl (C=O) groups is 3. The number of imide groups is 1. The van der Waals surface area contributed by atoms with Crippen LogP contribution in [0.2, 0.25) is 0 Å². The summed E-state index contributed by atoms with van der Waals surface area (Å²) in [5, 5.41) is 5.94. The maximum atomic E-state index is 11.9. The van der Waals surface area contributed by atoms with Gasteiger partial charge in [-0.15, -0.1) is 0 Å². The van der Waals surface area contributed by atoms with E-state index in [1.54, 1.807) is 35.1 Å². The Morgan fingerprint density at radius 2 is 2.00 bits per heavy atom. The number of benzene rings is 1. The summed E-state index contributed by atoms with van der Waals surface area (Å²) >= 11 is 0. The number of hydrogen-bond acceptors (Lipinski definition) is 5. The van der Waals surface area contributed by atoms with Crippen LogP contribution in [0.1, 0.15) is 22.8 Å². The smallest absolute Gasteiger partial charge is 0.338 e. The Hall–Kier alpha value is -3.16. The predicted octanol–water partition coefficient (Wildman–Crippen LogP) is 0.672. The van der Waals surface area contributed by atoms with Gasteiger partial charge in [0.15, 0.2) is 6.10 Å². The Labute approximate surface area is 132 Å². The number of urea groups is 1. The minimum Gasteiger partial charge on any atom is -0.449 e. The SMILES string of the molecule is CC(OC(=O)c1ccc(Cn2cccn2)cc1)C(=O)NC(N)=O.